The Morgan fingerprint density at radius 3 is 2.77 bits per heavy atom. The number of hydrogen-bond acceptors (Lipinski definition) is 7. The van der Waals surface area contributed by atoms with Gasteiger partial charge in [0.25, 0.3) is 0 Å². The zero-order valence-electron chi connectivity index (χ0n) is 22.9. The van der Waals surface area contributed by atoms with Gasteiger partial charge in [0.05, 0.1) is 11.1 Å². The zero-order chi connectivity index (χ0) is 27.2. The molecule has 1 atom stereocenters. The number of carbonyl (C=O) groups is 2. The minimum atomic E-state index is 0.0708. The van der Waals surface area contributed by atoms with Crippen LogP contribution in [0.2, 0.25) is 0 Å². The Hall–Kier alpha value is -3.72. The second-order valence-corrected chi connectivity index (χ2v) is 10.8. The molecule has 5 rings (SSSR count). The molecule has 3 aromatic rings. The molecule has 0 spiro atoms. The SMILES string of the molecule is CCCC(=O)Cc1ccc(Nc2ccnc3[nH]nc(N[C@@H]4CCCN(C(=O)/C=C/CN(C)C5CC5)C4)c23)cc1. The molecule has 9 heteroatoms. The second kappa shape index (κ2) is 12.4. The molecule has 2 fully saturated rings. The third-order valence-electron chi connectivity index (χ3n) is 7.52. The predicted molar refractivity (Wildman–Crippen MR) is 155 cm³/mol. The molecular weight excluding hydrogens is 490 g/mol. The lowest BCUT2D eigenvalue weighted by Crippen LogP contribution is -2.44. The number of hydrogen-bond donors (Lipinski definition) is 3. The van der Waals surface area contributed by atoms with Gasteiger partial charge in [0.2, 0.25) is 5.91 Å². The third-order valence-corrected chi connectivity index (χ3v) is 7.52. The van der Waals surface area contributed by atoms with E-state index in [2.05, 4.69) is 37.8 Å². The Labute approximate surface area is 230 Å². The summed E-state index contributed by atoms with van der Waals surface area (Å²) in [4.78, 5) is 33.5. The summed E-state index contributed by atoms with van der Waals surface area (Å²) in [6, 6.07) is 10.7. The summed E-state index contributed by atoms with van der Waals surface area (Å²) in [5, 5.41) is 15.5. The first-order valence-corrected chi connectivity index (χ1v) is 14.1. The molecule has 3 heterocycles. The van der Waals surface area contributed by atoms with E-state index in [9.17, 15) is 9.59 Å². The highest BCUT2D eigenvalue weighted by Gasteiger charge is 2.26. The van der Waals surface area contributed by atoms with Gasteiger partial charge < -0.3 is 15.5 Å². The minimum Gasteiger partial charge on any atom is -0.363 e. The van der Waals surface area contributed by atoms with Crippen LogP contribution in [-0.2, 0) is 16.0 Å². The number of likely N-dealkylation sites (tertiary alicyclic amines) is 1. The standard InChI is InChI=1S/C30H39N7O2/c1-3-6-25(38)19-21-9-11-22(12-10-21)32-26-15-16-31-29-28(26)30(35-34-29)33-23-7-4-18-37(20-23)27(39)8-5-17-36(2)24-13-14-24/h5,8-12,15-16,23-24H,3-4,6-7,13-14,17-20H2,1-2H3,(H3,31,32,33,34,35)/b8-5+/t23-/m1/s1. The molecule has 2 aromatic heterocycles. The molecule has 1 aliphatic heterocycles. The summed E-state index contributed by atoms with van der Waals surface area (Å²) < 4.78 is 0. The Morgan fingerprint density at radius 2 is 2.00 bits per heavy atom. The van der Waals surface area contributed by atoms with E-state index < -0.39 is 0 Å². The topological polar surface area (TPSA) is 106 Å². The van der Waals surface area contributed by atoms with Gasteiger partial charge in [-0.25, -0.2) is 4.98 Å². The Morgan fingerprint density at radius 1 is 1.18 bits per heavy atom. The number of rotatable bonds is 12. The number of H-pyrrole nitrogens is 1. The van der Waals surface area contributed by atoms with Gasteiger partial charge in [-0.15, -0.1) is 0 Å². The molecule has 9 nitrogen and oxygen atoms in total. The number of aromatic amines is 1. The van der Waals surface area contributed by atoms with Crippen LogP contribution in [-0.4, -0.2) is 75.4 Å². The van der Waals surface area contributed by atoms with Crippen molar-refractivity contribution in [1.82, 2.24) is 25.0 Å². The van der Waals surface area contributed by atoms with Crippen LogP contribution in [0.4, 0.5) is 17.2 Å². The molecule has 39 heavy (non-hydrogen) atoms. The number of nitrogens with one attached hydrogen (secondary N) is 3. The fourth-order valence-corrected chi connectivity index (χ4v) is 5.19. The first-order valence-electron chi connectivity index (χ1n) is 14.1. The maximum atomic E-state index is 12.8. The molecule has 3 N–H and O–H groups in total. The van der Waals surface area contributed by atoms with Crippen molar-refractivity contribution in [2.45, 2.75) is 64.0 Å². The summed E-state index contributed by atoms with van der Waals surface area (Å²) in [6.07, 6.45) is 11.9. The monoisotopic (exact) mass is 529 g/mol. The van der Waals surface area contributed by atoms with Crippen LogP contribution in [0.15, 0.2) is 48.7 Å². The lowest BCUT2D eigenvalue weighted by Gasteiger charge is -2.32. The number of ketones is 1. The van der Waals surface area contributed by atoms with Gasteiger partial charge in [-0.05, 0) is 62.9 Å². The summed E-state index contributed by atoms with van der Waals surface area (Å²) in [5.41, 5.74) is 3.52. The number of piperidine rings is 1. The molecule has 0 radical (unpaired) electrons. The molecule has 1 amide bonds. The van der Waals surface area contributed by atoms with Crippen LogP contribution < -0.4 is 10.6 Å². The maximum Gasteiger partial charge on any atom is 0.246 e. The highest BCUT2D eigenvalue weighted by Crippen LogP contribution is 2.31. The van der Waals surface area contributed by atoms with E-state index in [-0.39, 0.29) is 17.7 Å². The highest BCUT2D eigenvalue weighted by molar-refractivity contribution is 5.99. The van der Waals surface area contributed by atoms with Crippen molar-refractivity contribution in [3.63, 3.8) is 0 Å². The molecule has 1 aromatic carbocycles. The van der Waals surface area contributed by atoms with Crippen molar-refractivity contribution in [3.8, 4) is 0 Å². The first-order chi connectivity index (χ1) is 19.0. The van der Waals surface area contributed by atoms with E-state index >= 15 is 0 Å². The Kier molecular flexibility index (Phi) is 8.56. The van der Waals surface area contributed by atoms with Crippen molar-refractivity contribution in [3.05, 3.63) is 54.2 Å². The number of pyridine rings is 1. The lowest BCUT2D eigenvalue weighted by atomic mass is 10.1. The van der Waals surface area contributed by atoms with Gasteiger partial charge in [0.1, 0.15) is 5.78 Å². The summed E-state index contributed by atoms with van der Waals surface area (Å²) >= 11 is 0. The Bertz CT molecular complexity index is 1310. The van der Waals surface area contributed by atoms with Crippen LogP contribution in [0, 0.1) is 0 Å². The second-order valence-electron chi connectivity index (χ2n) is 10.8. The van der Waals surface area contributed by atoms with E-state index in [1.54, 1.807) is 12.3 Å². The molecule has 0 unspecified atom stereocenters. The van der Waals surface area contributed by atoms with Crippen molar-refractivity contribution in [1.29, 1.82) is 0 Å². The van der Waals surface area contributed by atoms with Crippen molar-refractivity contribution in [2.24, 2.45) is 0 Å². The quantitative estimate of drug-likeness (QED) is 0.293. The number of anilines is 3. The van der Waals surface area contributed by atoms with Gasteiger partial charge in [-0.2, -0.15) is 5.10 Å². The van der Waals surface area contributed by atoms with Gasteiger partial charge in [0, 0.05) is 62.5 Å². The van der Waals surface area contributed by atoms with Crippen molar-refractivity contribution < 1.29 is 9.59 Å². The molecule has 0 bridgehead atoms. The number of aromatic nitrogens is 3. The average molecular weight is 530 g/mol. The van der Waals surface area contributed by atoms with E-state index in [0.717, 1.165) is 60.5 Å². The molecule has 1 saturated heterocycles. The van der Waals surface area contributed by atoms with Crippen LogP contribution in [0.1, 0.15) is 51.0 Å². The normalized spacial score (nSPS) is 17.7. The fourth-order valence-electron chi connectivity index (χ4n) is 5.19. The largest absolute Gasteiger partial charge is 0.363 e. The number of benzene rings is 1. The third kappa shape index (κ3) is 7.03. The fraction of sp³-hybridized carbons (Fsp3) is 0.467. The molecular formula is C30H39N7O2. The molecule has 2 aliphatic rings. The molecule has 1 saturated carbocycles. The number of Topliss-reactive ketones (excluding diaryl/α,β-unsaturated/α-hetero) is 1. The predicted octanol–water partition coefficient (Wildman–Crippen LogP) is 4.67. The summed E-state index contributed by atoms with van der Waals surface area (Å²) in [6.45, 7) is 4.25. The average Bonchev–Trinajstić information content (AvgIpc) is 3.71. The lowest BCUT2D eigenvalue weighted by molar-refractivity contribution is -0.127. The van der Waals surface area contributed by atoms with Crippen LogP contribution in [0.3, 0.4) is 0 Å². The van der Waals surface area contributed by atoms with Gasteiger partial charge in [0.15, 0.2) is 11.5 Å². The number of amides is 1. The Balaban J connectivity index is 1.23. The summed E-state index contributed by atoms with van der Waals surface area (Å²) in [7, 11) is 2.12. The van der Waals surface area contributed by atoms with Crippen molar-refractivity contribution >= 4 is 39.9 Å². The molecule has 1 aliphatic carbocycles. The highest BCUT2D eigenvalue weighted by atomic mass is 16.2. The smallest absolute Gasteiger partial charge is 0.246 e. The zero-order valence-corrected chi connectivity index (χ0v) is 22.9. The molecule has 206 valence electrons. The van der Waals surface area contributed by atoms with Gasteiger partial charge in [-0.3, -0.25) is 19.6 Å². The van der Waals surface area contributed by atoms with Gasteiger partial charge in [-0.1, -0.05) is 25.1 Å². The minimum absolute atomic E-state index is 0.0708. The van der Waals surface area contributed by atoms with Gasteiger partial charge >= 0.3 is 0 Å². The summed E-state index contributed by atoms with van der Waals surface area (Å²) in [5.74, 6) is 1.06. The van der Waals surface area contributed by atoms with Crippen molar-refractivity contribution in [2.75, 3.05) is 37.3 Å². The first kappa shape index (κ1) is 26.9. The van der Waals surface area contributed by atoms with E-state index in [1.807, 2.05) is 48.2 Å². The van der Waals surface area contributed by atoms with Crippen LogP contribution in [0.25, 0.3) is 11.0 Å². The van der Waals surface area contributed by atoms with E-state index in [0.29, 0.717) is 31.1 Å². The van der Waals surface area contributed by atoms with E-state index in [4.69, 9.17) is 0 Å². The number of fused-ring (bicyclic) bond motifs is 1. The number of carbonyl (C=O) groups excluding carboxylic acids is 2. The van der Waals surface area contributed by atoms with E-state index in [1.165, 1.54) is 12.8 Å². The maximum absolute atomic E-state index is 12.8. The number of nitrogens with zero attached hydrogens (tertiary/aromatic N) is 4. The van der Waals surface area contributed by atoms with Crippen LogP contribution in [0.5, 0.6) is 0 Å². The number of likely N-dealkylation sites (N-methyl/N-ethyl adjacent to an activating group) is 1. The van der Waals surface area contributed by atoms with Crippen LogP contribution >= 0.6 is 0 Å².